The molecule has 0 fully saturated rings. The first-order chi connectivity index (χ1) is 11.2. The minimum Gasteiger partial charge on any atom is -0.344 e. The minimum absolute atomic E-state index is 0. The Morgan fingerprint density at radius 3 is 2.24 bits per heavy atom. The summed E-state index contributed by atoms with van der Waals surface area (Å²) >= 11 is 0. The van der Waals surface area contributed by atoms with Gasteiger partial charge in [-0.25, -0.2) is 0 Å². The summed E-state index contributed by atoms with van der Waals surface area (Å²) in [6.45, 7) is 8.97. The number of hydrogen-bond donors (Lipinski definition) is 2. The van der Waals surface area contributed by atoms with Crippen LogP contribution in [0.2, 0.25) is 0 Å². The van der Waals surface area contributed by atoms with E-state index < -0.39 is 6.04 Å². The highest BCUT2D eigenvalue weighted by Crippen LogP contribution is 2.16. The van der Waals surface area contributed by atoms with Gasteiger partial charge in [0.1, 0.15) is 6.04 Å². The Hall–Kier alpha value is -1.59. The molecule has 0 bridgehead atoms. The average molecular weight is 370 g/mol. The van der Waals surface area contributed by atoms with Gasteiger partial charge in [0.05, 0.1) is 6.42 Å². The summed E-state index contributed by atoms with van der Waals surface area (Å²) in [5, 5.41) is 2.89. The molecule has 1 aromatic carbocycles. The van der Waals surface area contributed by atoms with E-state index in [9.17, 15) is 9.59 Å². The molecule has 0 aliphatic carbocycles. The van der Waals surface area contributed by atoms with Gasteiger partial charge in [-0.15, -0.1) is 12.4 Å². The van der Waals surface area contributed by atoms with Crippen molar-refractivity contribution >= 4 is 24.2 Å². The summed E-state index contributed by atoms with van der Waals surface area (Å²) in [5.74, 6) is -0.201. The van der Waals surface area contributed by atoms with Gasteiger partial charge < -0.3 is 16.0 Å². The van der Waals surface area contributed by atoms with Crippen molar-refractivity contribution in [2.24, 2.45) is 17.1 Å². The third-order valence-corrected chi connectivity index (χ3v) is 4.05. The second-order valence-electron chi connectivity index (χ2n) is 7.51. The van der Waals surface area contributed by atoms with E-state index in [1.807, 2.05) is 58.0 Å². The third-order valence-electron chi connectivity index (χ3n) is 4.05. The maximum Gasteiger partial charge on any atom is 0.245 e. The molecule has 1 aromatic rings. The number of carbonyl (C=O) groups excluding carboxylic acids is 2. The fourth-order valence-electron chi connectivity index (χ4n) is 2.54. The Balaban J connectivity index is 0.00000576. The van der Waals surface area contributed by atoms with Gasteiger partial charge in [0.15, 0.2) is 0 Å². The molecule has 0 radical (unpaired) electrons. The number of halogens is 1. The topological polar surface area (TPSA) is 75.4 Å². The summed E-state index contributed by atoms with van der Waals surface area (Å²) in [6, 6.07) is 8.99. The SMILES string of the molecule is CC(C)C(NC(=O)Cc1ccccc1)C(=O)N(C)CC(C)(C)CN.Cl. The highest BCUT2D eigenvalue weighted by molar-refractivity contribution is 5.88. The molecule has 1 atom stereocenters. The molecular weight excluding hydrogens is 338 g/mol. The van der Waals surface area contributed by atoms with Crippen LogP contribution in [0.3, 0.4) is 0 Å². The van der Waals surface area contributed by atoms with E-state index in [2.05, 4.69) is 5.32 Å². The van der Waals surface area contributed by atoms with Crippen molar-refractivity contribution < 1.29 is 9.59 Å². The van der Waals surface area contributed by atoms with Gasteiger partial charge >= 0.3 is 0 Å². The van der Waals surface area contributed by atoms with Gasteiger partial charge in [-0.3, -0.25) is 9.59 Å². The smallest absolute Gasteiger partial charge is 0.245 e. The number of likely N-dealkylation sites (N-methyl/N-ethyl adjacent to an activating group) is 1. The highest BCUT2D eigenvalue weighted by atomic mass is 35.5. The Morgan fingerprint density at radius 2 is 1.76 bits per heavy atom. The molecule has 2 amide bonds. The number of hydrogen-bond acceptors (Lipinski definition) is 3. The van der Waals surface area contributed by atoms with Gasteiger partial charge in [-0.2, -0.15) is 0 Å². The van der Waals surface area contributed by atoms with Crippen LogP contribution in [-0.4, -0.2) is 42.9 Å². The van der Waals surface area contributed by atoms with Crippen molar-refractivity contribution in [2.45, 2.75) is 40.2 Å². The van der Waals surface area contributed by atoms with E-state index in [1.165, 1.54) is 0 Å². The van der Waals surface area contributed by atoms with Gasteiger partial charge in [0.25, 0.3) is 0 Å². The summed E-state index contributed by atoms with van der Waals surface area (Å²) in [4.78, 5) is 26.7. The zero-order chi connectivity index (χ0) is 18.3. The first kappa shape index (κ1) is 23.4. The van der Waals surface area contributed by atoms with Crippen molar-refractivity contribution in [1.29, 1.82) is 0 Å². The lowest BCUT2D eigenvalue weighted by Gasteiger charge is -2.32. The number of rotatable bonds is 8. The van der Waals surface area contributed by atoms with Crippen LogP contribution >= 0.6 is 12.4 Å². The molecule has 1 rings (SSSR count). The fourth-order valence-corrected chi connectivity index (χ4v) is 2.54. The van der Waals surface area contributed by atoms with Gasteiger partial charge in [-0.1, -0.05) is 58.0 Å². The molecule has 25 heavy (non-hydrogen) atoms. The zero-order valence-corrected chi connectivity index (χ0v) is 16.7. The number of nitrogens with two attached hydrogens (primary N) is 1. The highest BCUT2D eigenvalue weighted by Gasteiger charge is 2.29. The normalized spacial score (nSPS) is 12.3. The van der Waals surface area contributed by atoms with Crippen LogP contribution in [0.25, 0.3) is 0 Å². The van der Waals surface area contributed by atoms with Crippen molar-refractivity contribution in [3.8, 4) is 0 Å². The van der Waals surface area contributed by atoms with E-state index in [1.54, 1.807) is 11.9 Å². The second kappa shape index (κ2) is 10.4. The van der Waals surface area contributed by atoms with Crippen LogP contribution in [0.5, 0.6) is 0 Å². The fraction of sp³-hybridized carbons (Fsp3) is 0.579. The van der Waals surface area contributed by atoms with E-state index in [-0.39, 0.29) is 42.0 Å². The standard InChI is InChI=1S/C19H31N3O2.ClH/c1-14(2)17(18(24)22(5)13-19(3,4)12-20)21-16(23)11-15-9-7-6-8-10-15;/h6-10,14,17H,11-13,20H2,1-5H3,(H,21,23);1H. The Labute approximate surface area is 157 Å². The van der Waals surface area contributed by atoms with Gasteiger partial charge in [0, 0.05) is 13.6 Å². The predicted octanol–water partition coefficient (Wildman–Crippen LogP) is 2.23. The number of benzene rings is 1. The van der Waals surface area contributed by atoms with Crippen LogP contribution in [-0.2, 0) is 16.0 Å². The van der Waals surface area contributed by atoms with Crippen molar-refractivity contribution in [3.63, 3.8) is 0 Å². The van der Waals surface area contributed by atoms with E-state index >= 15 is 0 Å². The first-order valence-corrected chi connectivity index (χ1v) is 8.44. The lowest BCUT2D eigenvalue weighted by atomic mass is 9.92. The summed E-state index contributed by atoms with van der Waals surface area (Å²) in [6.07, 6.45) is 0.273. The molecule has 142 valence electrons. The molecule has 0 aromatic heterocycles. The van der Waals surface area contributed by atoms with Crippen LogP contribution in [0.15, 0.2) is 30.3 Å². The molecule has 0 saturated heterocycles. The molecular formula is C19H32ClN3O2. The van der Waals surface area contributed by atoms with Crippen molar-refractivity contribution in [3.05, 3.63) is 35.9 Å². The predicted molar refractivity (Wildman–Crippen MR) is 105 cm³/mol. The number of nitrogens with one attached hydrogen (secondary N) is 1. The minimum atomic E-state index is -0.528. The van der Waals surface area contributed by atoms with Gasteiger partial charge in [-0.05, 0) is 23.4 Å². The molecule has 0 aliphatic rings. The van der Waals surface area contributed by atoms with Crippen LogP contribution in [0.1, 0.15) is 33.3 Å². The average Bonchev–Trinajstić information content (AvgIpc) is 2.52. The number of amides is 2. The lowest BCUT2D eigenvalue weighted by molar-refractivity contribution is -0.137. The third kappa shape index (κ3) is 7.88. The quantitative estimate of drug-likeness (QED) is 0.737. The van der Waals surface area contributed by atoms with E-state index in [0.29, 0.717) is 13.1 Å². The molecule has 3 N–H and O–H groups in total. The maximum absolute atomic E-state index is 12.7. The largest absolute Gasteiger partial charge is 0.344 e. The first-order valence-electron chi connectivity index (χ1n) is 8.44. The summed E-state index contributed by atoms with van der Waals surface area (Å²) in [7, 11) is 1.76. The monoisotopic (exact) mass is 369 g/mol. The molecule has 0 aliphatic heterocycles. The second-order valence-corrected chi connectivity index (χ2v) is 7.51. The number of carbonyl (C=O) groups is 2. The van der Waals surface area contributed by atoms with Gasteiger partial charge in [0.2, 0.25) is 11.8 Å². The van der Waals surface area contributed by atoms with E-state index in [4.69, 9.17) is 5.73 Å². The Morgan fingerprint density at radius 1 is 1.20 bits per heavy atom. The molecule has 0 spiro atoms. The molecule has 1 unspecified atom stereocenters. The molecule has 5 nitrogen and oxygen atoms in total. The van der Waals surface area contributed by atoms with Crippen molar-refractivity contribution in [2.75, 3.05) is 20.1 Å². The maximum atomic E-state index is 12.7. The molecule has 0 saturated carbocycles. The summed E-state index contributed by atoms with van der Waals surface area (Å²) < 4.78 is 0. The van der Waals surface area contributed by atoms with Crippen LogP contribution in [0.4, 0.5) is 0 Å². The molecule has 0 heterocycles. The summed E-state index contributed by atoms with van der Waals surface area (Å²) in [5.41, 5.74) is 6.53. The van der Waals surface area contributed by atoms with Crippen LogP contribution < -0.4 is 11.1 Å². The van der Waals surface area contributed by atoms with Crippen LogP contribution in [0, 0.1) is 11.3 Å². The number of nitrogens with zero attached hydrogens (tertiary/aromatic N) is 1. The van der Waals surface area contributed by atoms with E-state index in [0.717, 1.165) is 5.56 Å². The van der Waals surface area contributed by atoms with Crippen molar-refractivity contribution in [1.82, 2.24) is 10.2 Å². The Kier molecular flexibility index (Phi) is 9.75. The lowest BCUT2D eigenvalue weighted by Crippen LogP contribution is -2.52. The zero-order valence-electron chi connectivity index (χ0n) is 15.9. The molecule has 6 heteroatoms. The Bertz CT molecular complexity index is 547.